The number of methoxy groups -OCH3 is 3. The Hall–Kier alpha value is -3.99. The molecule has 6 N–H and O–H groups in total. The second kappa shape index (κ2) is 11.6. The number of nitrogens with zero attached hydrogens (tertiary/aromatic N) is 1. The Morgan fingerprint density at radius 2 is 1.72 bits per heavy atom. The number of carbonyl (C=O) groups excluding carboxylic acids is 2. The number of carbonyl (C=O) groups is 2. The van der Waals surface area contributed by atoms with Gasteiger partial charge in [0.1, 0.15) is 12.1 Å². The molecule has 0 saturated heterocycles. The van der Waals surface area contributed by atoms with Crippen molar-refractivity contribution in [3.63, 3.8) is 0 Å². The molecule has 0 amide bonds. The van der Waals surface area contributed by atoms with Gasteiger partial charge in [0.25, 0.3) is 0 Å². The van der Waals surface area contributed by atoms with Crippen LogP contribution in [-0.4, -0.2) is 51.8 Å². The van der Waals surface area contributed by atoms with Crippen molar-refractivity contribution >= 4 is 17.9 Å². The van der Waals surface area contributed by atoms with Crippen LogP contribution in [0.4, 0.5) is 0 Å². The predicted molar refractivity (Wildman–Crippen MR) is 133 cm³/mol. The molecule has 0 aliphatic carbocycles. The smallest absolute Gasteiger partial charge is 0.345 e. The summed E-state index contributed by atoms with van der Waals surface area (Å²) in [6.45, 7) is 2.29. The summed E-state index contributed by atoms with van der Waals surface area (Å²) in [6, 6.07) is 7.67. The standard InChI is InChI=1S/C25H32N4O7/c1-13-16-10-15(23(30)36-24(31)17(26)6-5-9-29-25(27)28)12-20(34-4)22(16)35-21(13)14-7-8-18(32-2)19(11-14)33-3/h7-8,10-13,17,21H,5-6,9,26H2,1-4H3,(H4,27,28,29)/t13?,17-,21?/m0/s1. The molecule has 0 aromatic heterocycles. The number of ether oxygens (including phenoxy) is 5. The molecule has 0 spiro atoms. The fourth-order valence-corrected chi connectivity index (χ4v) is 4.00. The first-order valence-electron chi connectivity index (χ1n) is 11.4. The van der Waals surface area contributed by atoms with Gasteiger partial charge in [0.05, 0.1) is 26.9 Å². The van der Waals surface area contributed by atoms with Gasteiger partial charge < -0.3 is 40.9 Å². The fourth-order valence-electron chi connectivity index (χ4n) is 4.00. The first-order chi connectivity index (χ1) is 17.2. The Morgan fingerprint density at radius 3 is 2.36 bits per heavy atom. The highest BCUT2D eigenvalue weighted by Crippen LogP contribution is 2.51. The topological polar surface area (TPSA) is 171 Å². The molecule has 3 atom stereocenters. The number of rotatable bonds is 10. The van der Waals surface area contributed by atoms with Gasteiger partial charge in [-0.05, 0) is 42.7 Å². The van der Waals surface area contributed by atoms with Gasteiger partial charge in [0.2, 0.25) is 0 Å². The number of fused-ring (bicyclic) bond motifs is 1. The lowest BCUT2D eigenvalue weighted by Gasteiger charge is -2.18. The largest absolute Gasteiger partial charge is 0.493 e. The zero-order valence-corrected chi connectivity index (χ0v) is 20.8. The third-order valence-corrected chi connectivity index (χ3v) is 5.93. The van der Waals surface area contributed by atoms with E-state index in [0.717, 1.165) is 11.1 Å². The molecule has 194 valence electrons. The number of nitrogens with two attached hydrogens (primary N) is 3. The van der Waals surface area contributed by atoms with Crippen LogP contribution >= 0.6 is 0 Å². The Balaban J connectivity index is 1.77. The minimum absolute atomic E-state index is 0.0431. The molecule has 0 radical (unpaired) electrons. The van der Waals surface area contributed by atoms with Gasteiger partial charge in [0.15, 0.2) is 29.0 Å². The van der Waals surface area contributed by atoms with E-state index in [-0.39, 0.29) is 30.0 Å². The van der Waals surface area contributed by atoms with Crippen LogP contribution in [0.25, 0.3) is 0 Å². The molecule has 11 heteroatoms. The van der Waals surface area contributed by atoms with Crippen LogP contribution < -0.4 is 36.1 Å². The van der Waals surface area contributed by atoms with Crippen molar-refractivity contribution in [3.8, 4) is 23.0 Å². The first-order valence-corrected chi connectivity index (χ1v) is 11.4. The van der Waals surface area contributed by atoms with E-state index in [2.05, 4.69) is 4.99 Å². The molecule has 0 bridgehead atoms. The van der Waals surface area contributed by atoms with Crippen LogP contribution in [-0.2, 0) is 9.53 Å². The second-order valence-electron chi connectivity index (χ2n) is 8.30. The van der Waals surface area contributed by atoms with E-state index in [4.69, 9.17) is 40.9 Å². The zero-order valence-electron chi connectivity index (χ0n) is 20.8. The van der Waals surface area contributed by atoms with E-state index in [1.165, 1.54) is 13.2 Å². The first kappa shape index (κ1) is 26.6. The molecule has 1 heterocycles. The van der Waals surface area contributed by atoms with Gasteiger partial charge in [0, 0.05) is 18.0 Å². The van der Waals surface area contributed by atoms with Crippen molar-refractivity contribution in [2.75, 3.05) is 27.9 Å². The molecule has 1 aliphatic rings. The van der Waals surface area contributed by atoms with E-state index in [1.54, 1.807) is 26.4 Å². The maximum Gasteiger partial charge on any atom is 0.345 e. The van der Waals surface area contributed by atoms with E-state index in [9.17, 15) is 9.59 Å². The summed E-state index contributed by atoms with van der Waals surface area (Å²) in [5, 5.41) is 0. The van der Waals surface area contributed by atoms with Crippen molar-refractivity contribution in [1.29, 1.82) is 0 Å². The van der Waals surface area contributed by atoms with E-state index in [1.807, 2.05) is 19.1 Å². The fraction of sp³-hybridized carbons (Fsp3) is 0.400. The van der Waals surface area contributed by atoms with Crippen molar-refractivity contribution in [1.82, 2.24) is 0 Å². The highest BCUT2D eigenvalue weighted by molar-refractivity contribution is 5.98. The molecule has 2 aromatic rings. The number of benzene rings is 2. The molecule has 1 aliphatic heterocycles. The molecule has 0 fully saturated rings. The number of guanidine groups is 1. The summed E-state index contributed by atoms with van der Waals surface area (Å²) < 4.78 is 27.5. The third-order valence-electron chi connectivity index (χ3n) is 5.93. The van der Waals surface area contributed by atoms with Gasteiger partial charge >= 0.3 is 11.9 Å². The van der Waals surface area contributed by atoms with Crippen LogP contribution in [0.3, 0.4) is 0 Å². The Kier molecular flexibility index (Phi) is 8.59. The Labute approximate surface area is 209 Å². The van der Waals surface area contributed by atoms with E-state index >= 15 is 0 Å². The SMILES string of the molecule is COc1ccc(C2Oc3c(OC)cc(C(=O)OC(=O)[C@@H](N)CCCN=C(N)N)cc3C2C)cc1OC. The van der Waals surface area contributed by atoms with Gasteiger partial charge in [-0.1, -0.05) is 13.0 Å². The van der Waals surface area contributed by atoms with Crippen LogP contribution in [0.1, 0.15) is 53.3 Å². The summed E-state index contributed by atoms with van der Waals surface area (Å²) in [7, 11) is 4.60. The summed E-state index contributed by atoms with van der Waals surface area (Å²) in [6.07, 6.45) is 0.357. The zero-order chi connectivity index (χ0) is 26.4. The van der Waals surface area contributed by atoms with Gasteiger partial charge in [-0.25, -0.2) is 9.59 Å². The van der Waals surface area contributed by atoms with Gasteiger partial charge in [-0.3, -0.25) is 4.99 Å². The molecule has 0 saturated carbocycles. The molecular formula is C25H32N4O7. The monoisotopic (exact) mass is 500 g/mol. The van der Waals surface area contributed by atoms with Crippen molar-refractivity contribution in [2.24, 2.45) is 22.2 Å². The summed E-state index contributed by atoms with van der Waals surface area (Å²) in [5.74, 6) is 0.190. The average molecular weight is 501 g/mol. The van der Waals surface area contributed by atoms with Crippen LogP contribution in [0.2, 0.25) is 0 Å². The molecule has 3 rings (SSSR count). The van der Waals surface area contributed by atoms with Crippen molar-refractivity contribution < 1.29 is 33.3 Å². The highest BCUT2D eigenvalue weighted by Gasteiger charge is 2.36. The van der Waals surface area contributed by atoms with Crippen LogP contribution in [0, 0.1) is 0 Å². The maximum atomic E-state index is 12.8. The van der Waals surface area contributed by atoms with E-state index < -0.39 is 18.0 Å². The third kappa shape index (κ3) is 5.80. The molecule has 11 nitrogen and oxygen atoms in total. The summed E-state index contributed by atoms with van der Waals surface area (Å²) >= 11 is 0. The number of esters is 2. The van der Waals surface area contributed by atoms with Crippen LogP contribution in [0.5, 0.6) is 23.0 Å². The molecule has 36 heavy (non-hydrogen) atoms. The minimum atomic E-state index is -0.990. The quantitative estimate of drug-likeness (QED) is 0.144. The van der Waals surface area contributed by atoms with Crippen molar-refractivity contribution in [2.45, 2.75) is 37.8 Å². The van der Waals surface area contributed by atoms with E-state index in [0.29, 0.717) is 36.0 Å². The lowest BCUT2D eigenvalue weighted by atomic mass is 9.91. The lowest BCUT2D eigenvalue weighted by molar-refractivity contribution is -0.139. The van der Waals surface area contributed by atoms with Crippen molar-refractivity contribution in [3.05, 3.63) is 47.0 Å². The Bertz CT molecular complexity index is 1150. The highest BCUT2D eigenvalue weighted by atomic mass is 16.6. The molecule has 2 unspecified atom stereocenters. The average Bonchev–Trinajstić information content (AvgIpc) is 3.21. The number of hydrogen-bond donors (Lipinski definition) is 3. The molecular weight excluding hydrogens is 468 g/mol. The lowest BCUT2D eigenvalue weighted by Crippen LogP contribution is -2.34. The minimum Gasteiger partial charge on any atom is -0.493 e. The summed E-state index contributed by atoms with van der Waals surface area (Å²) in [4.78, 5) is 28.9. The van der Waals surface area contributed by atoms with Gasteiger partial charge in [-0.2, -0.15) is 0 Å². The Morgan fingerprint density at radius 1 is 1.03 bits per heavy atom. The number of aliphatic imine (C=N–C) groups is 1. The summed E-state index contributed by atoms with van der Waals surface area (Å²) in [5.41, 5.74) is 18.1. The van der Waals surface area contributed by atoms with Gasteiger partial charge in [-0.15, -0.1) is 0 Å². The maximum absolute atomic E-state index is 12.8. The second-order valence-corrected chi connectivity index (χ2v) is 8.30. The normalized spacial score (nSPS) is 16.8. The van der Waals surface area contributed by atoms with Crippen LogP contribution in [0.15, 0.2) is 35.3 Å². The number of hydrogen-bond acceptors (Lipinski definition) is 9. The predicted octanol–water partition coefficient (Wildman–Crippen LogP) is 2.01. The molecule has 2 aromatic carbocycles.